The molecule has 21 heavy (non-hydrogen) atoms. The largest absolute Gasteiger partial charge is 0.344 e. The number of benzene rings is 1. The number of aromatic nitrogens is 1. The number of hydrogen-bond donors (Lipinski definition) is 0. The minimum absolute atomic E-state index is 0.185. The third-order valence-electron chi connectivity index (χ3n) is 4.02. The topological polar surface area (TPSA) is 48.1 Å². The molecule has 0 saturated carbocycles. The van der Waals surface area contributed by atoms with Crippen molar-refractivity contribution >= 4 is 11.3 Å². The van der Waals surface area contributed by atoms with Gasteiger partial charge in [0.15, 0.2) is 0 Å². The zero-order chi connectivity index (χ0) is 14.8. The molecule has 0 unspecified atom stereocenters. The van der Waals surface area contributed by atoms with Gasteiger partial charge in [-0.05, 0) is 36.8 Å². The van der Waals surface area contributed by atoms with E-state index in [1.165, 1.54) is 12.0 Å². The van der Waals surface area contributed by atoms with Crippen molar-refractivity contribution in [2.24, 2.45) is 7.05 Å². The molecule has 1 aromatic heterocycles. The van der Waals surface area contributed by atoms with Gasteiger partial charge in [0.2, 0.25) is 0 Å². The van der Waals surface area contributed by atoms with Crippen LogP contribution in [0.25, 0.3) is 16.7 Å². The van der Waals surface area contributed by atoms with Crippen LogP contribution in [-0.2, 0) is 7.05 Å². The van der Waals surface area contributed by atoms with Crippen molar-refractivity contribution in [2.75, 3.05) is 0 Å². The van der Waals surface area contributed by atoms with E-state index in [0.717, 1.165) is 36.1 Å². The predicted molar refractivity (Wildman–Crippen MR) is 83.9 cm³/mol. The molecule has 108 valence electrons. The summed E-state index contributed by atoms with van der Waals surface area (Å²) in [4.78, 5) is 11.1. The Balaban J connectivity index is 2.24. The second-order valence-corrected chi connectivity index (χ2v) is 5.45. The molecule has 1 aliphatic rings. The van der Waals surface area contributed by atoms with Gasteiger partial charge in [-0.3, -0.25) is 10.1 Å². The normalized spacial score (nSPS) is 14.8. The monoisotopic (exact) mass is 282 g/mol. The van der Waals surface area contributed by atoms with E-state index in [0.29, 0.717) is 0 Å². The zero-order valence-electron chi connectivity index (χ0n) is 12.1. The lowest BCUT2D eigenvalue weighted by Crippen LogP contribution is -2.00. The summed E-state index contributed by atoms with van der Waals surface area (Å²) < 4.78 is 1.90. The fourth-order valence-corrected chi connectivity index (χ4v) is 3.08. The molecule has 0 bridgehead atoms. The van der Waals surface area contributed by atoms with Crippen LogP contribution < -0.4 is 0 Å². The highest BCUT2D eigenvalue weighted by molar-refractivity contribution is 5.86. The molecule has 4 nitrogen and oxygen atoms in total. The molecule has 0 saturated heterocycles. The number of allylic oxidation sites excluding steroid dienone is 2. The Morgan fingerprint density at radius 3 is 2.57 bits per heavy atom. The lowest BCUT2D eigenvalue weighted by atomic mass is 9.92. The van der Waals surface area contributed by atoms with E-state index < -0.39 is 0 Å². The first kappa shape index (κ1) is 13.6. The molecule has 4 heteroatoms. The fraction of sp³-hybridized carbons (Fsp3) is 0.294. The van der Waals surface area contributed by atoms with Crippen molar-refractivity contribution in [1.29, 1.82) is 0 Å². The third kappa shape index (κ3) is 2.49. The first-order valence-corrected chi connectivity index (χ1v) is 7.27. The molecule has 0 fully saturated rings. The Morgan fingerprint density at radius 2 is 1.95 bits per heavy atom. The molecule has 0 aliphatic heterocycles. The highest BCUT2D eigenvalue weighted by atomic mass is 16.6. The summed E-state index contributed by atoms with van der Waals surface area (Å²) in [6.45, 7) is 0. The standard InChI is InChI=1S/C17H18N2O2/c1-18-12-15(19(20)21)16(13-8-4-2-5-9-13)17(18)14-10-6-3-7-11-14/h2,4-5,8-10,12H,3,6-7,11H2,1H3. The van der Waals surface area contributed by atoms with Crippen LogP contribution in [0.15, 0.2) is 42.6 Å². The van der Waals surface area contributed by atoms with Gasteiger partial charge in [-0.1, -0.05) is 36.4 Å². The lowest BCUT2D eigenvalue weighted by Gasteiger charge is -2.15. The van der Waals surface area contributed by atoms with Crippen molar-refractivity contribution in [1.82, 2.24) is 4.57 Å². The van der Waals surface area contributed by atoms with E-state index in [1.54, 1.807) is 6.20 Å². The predicted octanol–water partition coefficient (Wildman–Crippen LogP) is 4.56. The van der Waals surface area contributed by atoms with Gasteiger partial charge in [-0.15, -0.1) is 0 Å². The molecule has 2 aromatic rings. The van der Waals surface area contributed by atoms with Crippen molar-refractivity contribution in [3.8, 4) is 11.1 Å². The smallest absolute Gasteiger partial charge is 0.295 e. The maximum Gasteiger partial charge on any atom is 0.295 e. The number of hydrogen-bond acceptors (Lipinski definition) is 2. The van der Waals surface area contributed by atoms with Crippen LogP contribution in [0.4, 0.5) is 5.69 Å². The summed E-state index contributed by atoms with van der Waals surface area (Å²) in [6.07, 6.45) is 8.27. The van der Waals surface area contributed by atoms with Crippen molar-refractivity contribution < 1.29 is 4.92 Å². The minimum atomic E-state index is -0.283. The van der Waals surface area contributed by atoms with Crippen molar-refractivity contribution in [2.45, 2.75) is 25.7 Å². The zero-order valence-corrected chi connectivity index (χ0v) is 12.1. The Hall–Kier alpha value is -2.36. The number of aryl methyl sites for hydroxylation is 1. The SMILES string of the molecule is Cn1cc([N+](=O)[O-])c(-c2ccccc2)c1C1=CCCCC1. The molecule has 1 heterocycles. The van der Waals surface area contributed by atoms with E-state index >= 15 is 0 Å². The van der Waals surface area contributed by atoms with Gasteiger partial charge in [-0.25, -0.2) is 0 Å². The summed E-state index contributed by atoms with van der Waals surface area (Å²) in [7, 11) is 1.89. The second kappa shape index (κ2) is 5.56. The van der Waals surface area contributed by atoms with Crippen LogP contribution in [0, 0.1) is 10.1 Å². The van der Waals surface area contributed by atoms with Crippen LogP contribution in [0.2, 0.25) is 0 Å². The molecular weight excluding hydrogens is 264 g/mol. The summed E-state index contributed by atoms with van der Waals surface area (Å²) in [5.41, 5.74) is 4.07. The highest BCUT2D eigenvalue weighted by Crippen LogP contribution is 2.40. The summed E-state index contributed by atoms with van der Waals surface area (Å²) in [6, 6.07) is 9.65. The summed E-state index contributed by atoms with van der Waals surface area (Å²) in [5, 5.41) is 11.4. The molecule has 1 aliphatic carbocycles. The fourth-order valence-electron chi connectivity index (χ4n) is 3.08. The maximum atomic E-state index is 11.4. The van der Waals surface area contributed by atoms with Crippen molar-refractivity contribution in [3.63, 3.8) is 0 Å². The molecule has 0 N–H and O–H groups in total. The van der Waals surface area contributed by atoms with Gasteiger partial charge in [-0.2, -0.15) is 0 Å². The Morgan fingerprint density at radius 1 is 1.19 bits per heavy atom. The molecule has 1 aromatic carbocycles. The quantitative estimate of drug-likeness (QED) is 0.612. The summed E-state index contributed by atoms with van der Waals surface area (Å²) >= 11 is 0. The van der Waals surface area contributed by atoms with Gasteiger partial charge >= 0.3 is 0 Å². The molecule has 0 atom stereocenters. The number of nitrogens with zero attached hydrogens (tertiary/aromatic N) is 2. The first-order valence-electron chi connectivity index (χ1n) is 7.27. The van der Waals surface area contributed by atoms with Crippen LogP contribution in [0.1, 0.15) is 31.4 Å². The van der Waals surface area contributed by atoms with Crippen LogP contribution in [-0.4, -0.2) is 9.49 Å². The molecule has 0 radical (unpaired) electrons. The van der Waals surface area contributed by atoms with Crippen LogP contribution in [0.3, 0.4) is 0 Å². The van der Waals surface area contributed by atoms with Crippen molar-refractivity contribution in [3.05, 3.63) is 58.4 Å². The third-order valence-corrected chi connectivity index (χ3v) is 4.02. The lowest BCUT2D eigenvalue weighted by molar-refractivity contribution is -0.384. The molecule has 0 spiro atoms. The van der Waals surface area contributed by atoms with E-state index in [1.807, 2.05) is 41.9 Å². The van der Waals surface area contributed by atoms with Crippen LogP contribution in [0.5, 0.6) is 0 Å². The van der Waals surface area contributed by atoms with Gasteiger partial charge in [0.1, 0.15) is 0 Å². The average Bonchev–Trinajstić information content (AvgIpc) is 2.87. The first-order chi connectivity index (χ1) is 10.2. The average molecular weight is 282 g/mol. The van der Waals surface area contributed by atoms with Gasteiger partial charge in [0.25, 0.3) is 5.69 Å². The number of rotatable bonds is 3. The highest BCUT2D eigenvalue weighted by Gasteiger charge is 2.26. The summed E-state index contributed by atoms with van der Waals surface area (Å²) in [5.74, 6) is 0. The maximum absolute atomic E-state index is 11.4. The minimum Gasteiger partial charge on any atom is -0.344 e. The van der Waals surface area contributed by atoms with E-state index in [9.17, 15) is 10.1 Å². The Kier molecular flexibility index (Phi) is 3.60. The molecular formula is C17H18N2O2. The van der Waals surface area contributed by atoms with Gasteiger partial charge in [0, 0.05) is 7.05 Å². The van der Waals surface area contributed by atoms with E-state index in [2.05, 4.69) is 6.08 Å². The Labute approximate surface area is 123 Å². The van der Waals surface area contributed by atoms with E-state index in [4.69, 9.17) is 0 Å². The second-order valence-electron chi connectivity index (χ2n) is 5.45. The van der Waals surface area contributed by atoms with Gasteiger partial charge in [0.05, 0.1) is 22.4 Å². The molecule has 0 amide bonds. The Bertz CT molecular complexity index is 699. The molecule has 3 rings (SSSR count). The van der Waals surface area contributed by atoms with Crippen LogP contribution >= 0.6 is 0 Å². The van der Waals surface area contributed by atoms with Gasteiger partial charge < -0.3 is 4.57 Å². The van der Waals surface area contributed by atoms with E-state index in [-0.39, 0.29) is 10.6 Å². The number of nitro groups is 1.